The number of aliphatic carboxylic acids is 1. The highest BCUT2D eigenvalue weighted by Gasteiger charge is 2.35. The van der Waals surface area contributed by atoms with Gasteiger partial charge in [-0.05, 0) is 37.1 Å². The second-order valence-electron chi connectivity index (χ2n) is 5.29. The van der Waals surface area contributed by atoms with Crippen LogP contribution in [-0.2, 0) is 9.59 Å². The van der Waals surface area contributed by atoms with Gasteiger partial charge < -0.3 is 5.11 Å². The van der Waals surface area contributed by atoms with Gasteiger partial charge in [-0.25, -0.2) is 0 Å². The van der Waals surface area contributed by atoms with Crippen molar-refractivity contribution in [2.24, 2.45) is 11.8 Å². The fourth-order valence-corrected chi connectivity index (χ4v) is 2.75. The first-order valence-electron chi connectivity index (χ1n) is 7.07. The zero-order chi connectivity index (χ0) is 16.1. The van der Waals surface area contributed by atoms with E-state index in [1.165, 1.54) is 12.1 Å². The number of benzene rings is 1. The van der Waals surface area contributed by atoms with Crippen LogP contribution in [-0.4, -0.2) is 22.9 Å². The van der Waals surface area contributed by atoms with Crippen molar-refractivity contribution in [3.63, 3.8) is 0 Å². The van der Waals surface area contributed by atoms with Crippen LogP contribution in [0.4, 0.5) is 0 Å². The molecule has 0 saturated heterocycles. The molecule has 7 heteroatoms. The molecule has 1 aliphatic carbocycles. The molecule has 6 nitrogen and oxygen atoms in total. The van der Waals surface area contributed by atoms with Crippen LogP contribution in [0.15, 0.2) is 24.3 Å². The van der Waals surface area contributed by atoms with Gasteiger partial charge in [-0.15, -0.1) is 0 Å². The SMILES string of the molecule is O=C(NNC(=O)[C@H]1CCCC[C@H]1C(=O)O)c1ccc(Cl)cc1. The van der Waals surface area contributed by atoms with E-state index >= 15 is 0 Å². The molecular weight excluding hydrogens is 308 g/mol. The third-order valence-electron chi connectivity index (χ3n) is 3.83. The third-order valence-corrected chi connectivity index (χ3v) is 4.08. The van der Waals surface area contributed by atoms with Crippen LogP contribution in [0.3, 0.4) is 0 Å². The van der Waals surface area contributed by atoms with Crippen molar-refractivity contribution >= 4 is 29.4 Å². The number of hydrogen-bond acceptors (Lipinski definition) is 3. The molecule has 0 aromatic heterocycles. The molecular formula is C15H17ClN2O4. The molecule has 0 bridgehead atoms. The summed E-state index contributed by atoms with van der Waals surface area (Å²) in [5.41, 5.74) is 4.97. The fourth-order valence-electron chi connectivity index (χ4n) is 2.62. The number of rotatable bonds is 3. The van der Waals surface area contributed by atoms with Crippen molar-refractivity contribution in [2.45, 2.75) is 25.7 Å². The van der Waals surface area contributed by atoms with Crippen LogP contribution < -0.4 is 10.9 Å². The van der Waals surface area contributed by atoms with E-state index in [0.717, 1.165) is 12.8 Å². The normalized spacial score (nSPS) is 21.0. The van der Waals surface area contributed by atoms with E-state index in [4.69, 9.17) is 16.7 Å². The lowest BCUT2D eigenvalue weighted by Crippen LogP contribution is -2.47. The summed E-state index contributed by atoms with van der Waals surface area (Å²) in [6, 6.07) is 6.20. The average molecular weight is 325 g/mol. The van der Waals surface area contributed by atoms with E-state index in [0.29, 0.717) is 23.4 Å². The van der Waals surface area contributed by atoms with Gasteiger partial charge in [-0.3, -0.25) is 25.2 Å². The zero-order valence-electron chi connectivity index (χ0n) is 11.8. The van der Waals surface area contributed by atoms with Crippen LogP contribution in [0.1, 0.15) is 36.0 Å². The molecule has 1 fully saturated rings. The maximum absolute atomic E-state index is 12.1. The predicted octanol–water partition coefficient (Wildman–Crippen LogP) is 1.99. The van der Waals surface area contributed by atoms with Gasteiger partial charge in [0.25, 0.3) is 5.91 Å². The molecule has 1 aliphatic rings. The summed E-state index contributed by atoms with van der Waals surface area (Å²) in [7, 11) is 0. The Hall–Kier alpha value is -2.08. The summed E-state index contributed by atoms with van der Waals surface area (Å²) in [5.74, 6) is -3.22. The van der Waals surface area contributed by atoms with Gasteiger partial charge in [-0.2, -0.15) is 0 Å². The number of hydrogen-bond donors (Lipinski definition) is 3. The van der Waals surface area contributed by atoms with E-state index in [9.17, 15) is 14.4 Å². The van der Waals surface area contributed by atoms with Gasteiger partial charge in [0, 0.05) is 10.6 Å². The number of carbonyl (C=O) groups is 3. The summed E-state index contributed by atoms with van der Waals surface area (Å²) in [6.07, 6.45) is 2.61. The molecule has 1 saturated carbocycles. The molecule has 1 aromatic carbocycles. The van der Waals surface area contributed by atoms with Crippen LogP contribution >= 0.6 is 11.6 Å². The topological polar surface area (TPSA) is 95.5 Å². The molecule has 22 heavy (non-hydrogen) atoms. The summed E-state index contributed by atoms with van der Waals surface area (Å²) < 4.78 is 0. The van der Waals surface area contributed by atoms with Gasteiger partial charge in [0.2, 0.25) is 5.91 Å². The third kappa shape index (κ3) is 3.98. The highest BCUT2D eigenvalue weighted by molar-refractivity contribution is 6.30. The lowest BCUT2D eigenvalue weighted by Gasteiger charge is -2.27. The average Bonchev–Trinajstić information content (AvgIpc) is 2.53. The van der Waals surface area contributed by atoms with Gasteiger partial charge in [0.15, 0.2) is 0 Å². The molecule has 1 aromatic rings. The van der Waals surface area contributed by atoms with Crippen molar-refractivity contribution < 1.29 is 19.5 Å². The molecule has 0 spiro atoms. The van der Waals surface area contributed by atoms with E-state index < -0.39 is 29.6 Å². The standard InChI is InChI=1S/C15H17ClN2O4/c16-10-7-5-9(6-8-10)13(19)17-18-14(20)11-3-1-2-4-12(11)15(21)22/h5-8,11-12H,1-4H2,(H,17,19)(H,18,20)(H,21,22)/t11-,12+/m0/s1. The largest absolute Gasteiger partial charge is 0.481 e. The highest BCUT2D eigenvalue weighted by atomic mass is 35.5. The van der Waals surface area contributed by atoms with Crippen LogP contribution in [0, 0.1) is 11.8 Å². The highest BCUT2D eigenvalue weighted by Crippen LogP contribution is 2.30. The molecule has 3 N–H and O–H groups in total. The maximum Gasteiger partial charge on any atom is 0.307 e. The van der Waals surface area contributed by atoms with Crippen molar-refractivity contribution in [2.75, 3.05) is 0 Å². The summed E-state index contributed by atoms with van der Waals surface area (Å²) in [4.78, 5) is 35.1. The molecule has 2 amide bonds. The number of carboxylic acids is 1. The van der Waals surface area contributed by atoms with Crippen LogP contribution in [0.5, 0.6) is 0 Å². The van der Waals surface area contributed by atoms with E-state index in [2.05, 4.69) is 10.9 Å². The van der Waals surface area contributed by atoms with Crippen molar-refractivity contribution in [1.82, 2.24) is 10.9 Å². The molecule has 0 heterocycles. The Labute approximate surface area is 132 Å². The van der Waals surface area contributed by atoms with Crippen molar-refractivity contribution in [1.29, 1.82) is 0 Å². The Bertz CT molecular complexity index is 573. The minimum absolute atomic E-state index is 0.350. The van der Waals surface area contributed by atoms with Gasteiger partial charge in [0.1, 0.15) is 0 Å². The van der Waals surface area contributed by atoms with Gasteiger partial charge >= 0.3 is 5.97 Å². The van der Waals surface area contributed by atoms with E-state index in [1.54, 1.807) is 12.1 Å². The predicted molar refractivity (Wildman–Crippen MR) is 80.1 cm³/mol. The summed E-state index contributed by atoms with van der Waals surface area (Å²) in [6.45, 7) is 0. The summed E-state index contributed by atoms with van der Waals surface area (Å²) >= 11 is 5.73. The Kier molecular flexibility index (Phi) is 5.38. The molecule has 0 radical (unpaired) electrons. The number of amides is 2. The minimum atomic E-state index is -0.969. The molecule has 2 atom stereocenters. The maximum atomic E-state index is 12.1. The molecule has 0 unspecified atom stereocenters. The molecule has 0 aliphatic heterocycles. The number of carboxylic acid groups (broad SMARTS) is 1. The van der Waals surface area contributed by atoms with Crippen molar-refractivity contribution in [3.05, 3.63) is 34.9 Å². The lowest BCUT2D eigenvalue weighted by molar-refractivity contribution is -0.149. The zero-order valence-corrected chi connectivity index (χ0v) is 12.6. The Morgan fingerprint density at radius 1 is 1.00 bits per heavy atom. The fraction of sp³-hybridized carbons (Fsp3) is 0.400. The number of nitrogens with one attached hydrogen (secondary N) is 2. The number of hydrazine groups is 1. The first-order chi connectivity index (χ1) is 10.5. The van der Waals surface area contributed by atoms with Crippen LogP contribution in [0.2, 0.25) is 5.02 Å². The minimum Gasteiger partial charge on any atom is -0.481 e. The van der Waals surface area contributed by atoms with Gasteiger partial charge in [0.05, 0.1) is 11.8 Å². The second-order valence-corrected chi connectivity index (χ2v) is 5.72. The van der Waals surface area contributed by atoms with Gasteiger partial charge in [-0.1, -0.05) is 24.4 Å². The van der Waals surface area contributed by atoms with E-state index in [1.807, 2.05) is 0 Å². The monoisotopic (exact) mass is 324 g/mol. The Morgan fingerprint density at radius 3 is 2.18 bits per heavy atom. The van der Waals surface area contributed by atoms with Crippen molar-refractivity contribution in [3.8, 4) is 0 Å². The molecule has 2 rings (SSSR count). The second kappa shape index (κ2) is 7.26. The van der Waals surface area contributed by atoms with E-state index in [-0.39, 0.29) is 0 Å². The first-order valence-corrected chi connectivity index (χ1v) is 7.45. The first kappa shape index (κ1) is 16.3. The quantitative estimate of drug-likeness (QED) is 0.741. The number of halogens is 1. The summed E-state index contributed by atoms with van der Waals surface area (Å²) in [5, 5.41) is 9.67. The number of carbonyl (C=O) groups excluding carboxylic acids is 2. The Morgan fingerprint density at radius 2 is 1.59 bits per heavy atom. The smallest absolute Gasteiger partial charge is 0.307 e. The lowest BCUT2D eigenvalue weighted by atomic mass is 9.79. The Balaban J connectivity index is 1.92. The van der Waals surface area contributed by atoms with Crippen LogP contribution in [0.25, 0.3) is 0 Å². The molecule has 118 valence electrons.